The van der Waals surface area contributed by atoms with Gasteiger partial charge < -0.3 is 15.0 Å². The Labute approximate surface area is 91.3 Å². The maximum Gasteiger partial charge on any atom is 0.111 e. The molecule has 1 atom stereocenters. The van der Waals surface area contributed by atoms with Crippen molar-refractivity contribution in [1.82, 2.24) is 14.9 Å². The summed E-state index contributed by atoms with van der Waals surface area (Å²) in [6, 6.07) is 0. The molecular formula is C11H21N3O. The molecule has 86 valence electrons. The Kier molecular flexibility index (Phi) is 5.36. The summed E-state index contributed by atoms with van der Waals surface area (Å²) in [6.07, 6.45) is 5.10. The normalized spacial score (nSPS) is 13.0. The van der Waals surface area contributed by atoms with Gasteiger partial charge in [-0.05, 0) is 19.9 Å². The predicted molar refractivity (Wildman–Crippen MR) is 60.8 cm³/mol. The number of aliphatic hydroxyl groups excluding tert-OH is 1. The van der Waals surface area contributed by atoms with E-state index >= 15 is 0 Å². The lowest BCUT2D eigenvalue weighted by molar-refractivity contribution is 0.168. The summed E-state index contributed by atoms with van der Waals surface area (Å²) in [5, 5.41) is 12.9. The van der Waals surface area contributed by atoms with Crippen LogP contribution in [0.5, 0.6) is 0 Å². The van der Waals surface area contributed by atoms with E-state index < -0.39 is 0 Å². The van der Waals surface area contributed by atoms with Crippen LogP contribution in [0.2, 0.25) is 0 Å². The Morgan fingerprint density at radius 2 is 2.33 bits per heavy atom. The molecular weight excluding hydrogens is 190 g/mol. The van der Waals surface area contributed by atoms with E-state index in [1.807, 2.05) is 6.20 Å². The zero-order chi connectivity index (χ0) is 11.1. The van der Waals surface area contributed by atoms with E-state index in [9.17, 15) is 5.11 Å². The van der Waals surface area contributed by atoms with Crippen LogP contribution in [0.4, 0.5) is 0 Å². The first kappa shape index (κ1) is 12.2. The van der Waals surface area contributed by atoms with Gasteiger partial charge in [-0.25, -0.2) is 4.98 Å². The Morgan fingerprint density at radius 3 is 3.00 bits per heavy atom. The number of aryl methyl sites for hydroxylation is 1. The highest BCUT2D eigenvalue weighted by molar-refractivity contribution is 4.94. The SMILES string of the molecule is CCCNCC(O)Cc1nccn1CC. The molecule has 0 aromatic carbocycles. The molecule has 0 spiro atoms. The Balaban J connectivity index is 2.33. The van der Waals surface area contributed by atoms with Gasteiger partial charge in [0.2, 0.25) is 0 Å². The minimum atomic E-state index is -0.343. The Bertz CT molecular complexity index is 273. The molecule has 1 aromatic rings. The highest BCUT2D eigenvalue weighted by Gasteiger charge is 2.08. The lowest BCUT2D eigenvalue weighted by atomic mass is 10.2. The van der Waals surface area contributed by atoms with Crippen LogP contribution >= 0.6 is 0 Å². The van der Waals surface area contributed by atoms with Gasteiger partial charge in [-0.2, -0.15) is 0 Å². The van der Waals surface area contributed by atoms with Crippen LogP contribution in [0.1, 0.15) is 26.1 Å². The average molecular weight is 211 g/mol. The number of imidazole rings is 1. The second-order valence-electron chi connectivity index (χ2n) is 3.69. The Hall–Kier alpha value is -0.870. The fraction of sp³-hybridized carbons (Fsp3) is 0.727. The fourth-order valence-electron chi connectivity index (χ4n) is 1.55. The van der Waals surface area contributed by atoms with Gasteiger partial charge >= 0.3 is 0 Å². The number of hydrogen-bond acceptors (Lipinski definition) is 3. The number of aromatic nitrogens is 2. The number of hydrogen-bond donors (Lipinski definition) is 2. The van der Waals surface area contributed by atoms with Crippen molar-refractivity contribution >= 4 is 0 Å². The summed E-state index contributed by atoms with van der Waals surface area (Å²) < 4.78 is 2.06. The molecule has 0 amide bonds. The van der Waals surface area contributed by atoms with Crippen molar-refractivity contribution < 1.29 is 5.11 Å². The molecule has 0 aliphatic heterocycles. The van der Waals surface area contributed by atoms with Crippen molar-refractivity contribution in [2.75, 3.05) is 13.1 Å². The van der Waals surface area contributed by atoms with Gasteiger partial charge in [0, 0.05) is 31.9 Å². The third kappa shape index (κ3) is 4.01. The van der Waals surface area contributed by atoms with Gasteiger partial charge in [0.05, 0.1) is 6.10 Å². The third-order valence-corrected chi connectivity index (χ3v) is 2.37. The van der Waals surface area contributed by atoms with Crippen LogP contribution < -0.4 is 5.32 Å². The molecule has 0 radical (unpaired) electrons. The first-order valence-corrected chi connectivity index (χ1v) is 5.66. The summed E-state index contributed by atoms with van der Waals surface area (Å²) >= 11 is 0. The second-order valence-corrected chi connectivity index (χ2v) is 3.69. The van der Waals surface area contributed by atoms with Crippen molar-refractivity contribution in [2.24, 2.45) is 0 Å². The lowest BCUT2D eigenvalue weighted by Crippen LogP contribution is -2.29. The molecule has 1 heterocycles. The molecule has 4 heteroatoms. The zero-order valence-electron chi connectivity index (χ0n) is 9.61. The van der Waals surface area contributed by atoms with Crippen molar-refractivity contribution in [3.05, 3.63) is 18.2 Å². The Morgan fingerprint density at radius 1 is 1.53 bits per heavy atom. The van der Waals surface area contributed by atoms with Gasteiger partial charge in [-0.3, -0.25) is 0 Å². The molecule has 1 aromatic heterocycles. The van der Waals surface area contributed by atoms with E-state index in [1.165, 1.54) is 0 Å². The summed E-state index contributed by atoms with van der Waals surface area (Å²) in [6.45, 7) is 6.70. The number of rotatable bonds is 7. The monoisotopic (exact) mass is 211 g/mol. The van der Waals surface area contributed by atoms with E-state index in [4.69, 9.17) is 0 Å². The minimum absolute atomic E-state index is 0.343. The molecule has 4 nitrogen and oxygen atoms in total. The zero-order valence-corrected chi connectivity index (χ0v) is 9.61. The standard InChI is InChI=1S/C11H21N3O/c1-3-5-12-9-10(15)8-11-13-6-7-14(11)4-2/h6-7,10,12,15H,3-5,8-9H2,1-2H3. The predicted octanol–water partition coefficient (Wildman–Crippen LogP) is 0.806. The topological polar surface area (TPSA) is 50.1 Å². The van der Waals surface area contributed by atoms with Crippen molar-refractivity contribution in [3.8, 4) is 0 Å². The van der Waals surface area contributed by atoms with Crippen LogP contribution in [0, 0.1) is 0 Å². The first-order valence-electron chi connectivity index (χ1n) is 5.66. The van der Waals surface area contributed by atoms with Gasteiger partial charge in [0.25, 0.3) is 0 Å². The minimum Gasteiger partial charge on any atom is -0.391 e. The highest BCUT2D eigenvalue weighted by Crippen LogP contribution is 2.01. The van der Waals surface area contributed by atoms with Crippen molar-refractivity contribution in [3.63, 3.8) is 0 Å². The van der Waals surface area contributed by atoms with Gasteiger partial charge in [-0.15, -0.1) is 0 Å². The van der Waals surface area contributed by atoms with Crippen molar-refractivity contribution in [1.29, 1.82) is 0 Å². The van der Waals surface area contributed by atoms with E-state index in [1.54, 1.807) is 6.20 Å². The number of nitrogens with zero attached hydrogens (tertiary/aromatic N) is 2. The fourth-order valence-corrected chi connectivity index (χ4v) is 1.55. The number of nitrogens with one attached hydrogen (secondary N) is 1. The summed E-state index contributed by atoms with van der Waals surface area (Å²) in [5.41, 5.74) is 0. The molecule has 1 unspecified atom stereocenters. The van der Waals surface area contributed by atoms with E-state index in [0.717, 1.165) is 25.3 Å². The van der Waals surface area contributed by atoms with E-state index in [2.05, 4.69) is 28.7 Å². The molecule has 0 saturated heterocycles. The van der Waals surface area contributed by atoms with Crippen LogP contribution in [0.25, 0.3) is 0 Å². The molecule has 0 aliphatic rings. The van der Waals surface area contributed by atoms with E-state index in [-0.39, 0.29) is 6.10 Å². The van der Waals surface area contributed by atoms with Crippen molar-refractivity contribution in [2.45, 2.75) is 39.3 Å². The van der Waals surface area contributed by atoms with Gasteiger partial charge in [0.1, 0.15) is 5.82 Å². The molecule has 15 heavy (non-hydrogen) atoms. The average Bonchev–Trinajstić information content (AvgIpc) is 2.65. The lowest BCUT2D eigenvalue weighted by Gasteiger charge is -2.11. The highest BCUT2D eigenvalue weighted by atomic mass is 16.3. The molecule has 0 saturated carbocycles. The molecule has 0 aliphatic carbocycles. The van der Waals surface area contributed by atoms with Gasteiger partial charge in [-0.1, -0.05) is 6.92 Å². The van der Waals surface area contributed by atoms with Crippen LogP contribution in [0.15, 0.2) is 12.4 Å². The molecule has 2 N–H and O–H groups in total. The molecule has 0 bridgehead atoms. The number of aliphatic hydroxyl groups is 1. The third-order valence-electron chi connectivity index (χ3n) is 2.37. The van der Waals surface area contributed by atoms with Gasteiger partial charge in [0.15, 0.2) is 0 Å². The largest absolute Gasteiger partial charge is 0.391 e. The molecule has 1 rings (SSSR count). The quantitative estimate of drug-likeness (QED) is 0.656. The summed E-state index contributed by atoms with van der Waals surface area (Å²) in [5.74, 6) is 0.961. The second kappa shape index (κ2) is 6.58. The smallest absolute Gasteiger partial charge is 0.111 e. The first-order chi connectivity index (χ1) is 7.27. The van der Waals surface area contributed by atoms with Crippen LogP contribution in [-0.2, 0) is 13.0 Å². The maximum atomic E-state index is 9.75. The summed E-state index contributed by atoms with van der Waals surface area (Å²) in [7, 11) is 0. The maximum absolute atomic E-state index is 9.75. The van der Waals surface area contributed by atoms with Crippen LogP contribution in [-0.4, -0.2) is 33.9 Å². The van der Waals surface area contributed by atoms with Crippen LogP contribution in [0.3, 0.4) is 0 Å². The summed E-state index contributed by atoms with van der Waals surface area (Å²) in [4.78, 5) is 4.23. The molecule has 0 fully saturated rings. The van der Waals surface area contributed by atoms with E-state index in [0.29, 0.717) is 13.0 Å².